The normalized spacial score (nSPS) is 20.9. The van der Waals surface area contributed by atoms with Crippen LogP contribution < -0.4 is 11.4 Å². The Kier molecular flexibility index (Phi) is 8.52. The van der Waals surface area contributed by atoms with Crippen LogP contribution in [0.1, 0.15) is 22.9 Å². The average molecular weight is 515 g/mol. The van der Waals surface area contributed by atoms with Crippen LogP contribution in [0, 0.1) is 0 Å². The first kappa shape index (κ1) is 25.7. The van der Waals surface area contributed by atoms with Gasteiger partial charge in [-0.3, -0.25) is 4.57 Å². The van der Waals surface area contributed by atoms with Gasteiger partial charge in [0.15, 0.2) is 6.23 Å². The van der Waals surface area contributed by atoms with Gasteiger partial charge in [-0.1, -0.05) is 91.0 Å². The molecule has 2 heterocycles. The maximum absolute atomic E-state index is 12.8. The molecule has 5 rings (SSSR count). The summed E-state index contributed by atoms with van der Waals surface area (Å²) in [5.41, 5.74) is 8.09. The van der Waals surface area contributed by atoms with Gasteiger partial charge >= 0.3 is 5.69 Å². The molecule has 0 radical (unpaired) electrons. The largest absolute Gasteiger partial charge is 0.374 e. The van der Waals surface area contributed by atoms with E-state index in [4.69, 9.17) is 24.7 Å². The molecular formula is C29H30N4O5. The van der Waals surface area contributed by atoms with Gasteiger partial charge in [0.2, 0.25) is 5.95 Å². The summed E-state index contributed by atoms with van der Waals surface area (Å²) in [6.45, 7) is 1.30. The smallest absolute Gasteiger partial charge is 0.354 e. The standard InChI is InChI=1S/C29H30N4O5/c30-28-31-20-33(29(34)32-28)27-26(37-18-23-14-8-3-9-15-23)25(36-17-22-12-6-2-7-13-22)24(38-27)19-35-16-21-10-4-1-5-11-21/h1-15,20,24-27H,16-19H2,(H2,30,32,34)/t24-,25-,26+,27-/m1/s1. The van der Waals surface area contributed by atoms with Crippen molar-refractivity contribution in [3.8, 4) is 0 Å². The maximum Gasteiger partial charge on any atom is 0.354 e. The van der Waals surface area contributed by atoms with Crippen molar-refractivity contribution in [1.82, 2.24) is 14.5 Å². The summed E-state index contributed by atoms with van der Waals surface area (Å²) in [6, 6.07) is 29.5. The van der Waals surface area contributed by atoms with Crippen molar-refractivity contribution in [1.29, 1.82) is 0 Å². The van der Waals surface area contributed by atoms with Gasteiger partial charge in [0.1, 0.15) is 24.6 Å². The molecule has 4 atom stereocenters. The van der Waals surface area contributed by atoms with E-state index in [1.54, 1.807) is 0 Å². The van der Waals surface area contributed by atoms with Gasteiger partial charge in [0.25, 0.3) is 0 Å². The number of hydrogen-bond donors (Lipinski definition) is 1. The molecule has 0 amide bonds. The Morgan fingerprint density at radius 2 is 1.29 bits per heavy atom. The molecule has 0 aliphatic carbocycles. The van der Waals surface area contributed by atoms with Crippen LogP contribution in [-0.2, 0) is 38.8 Å². The van der Waals surface area contributed by atoms with Crippen LogP contribution in [0.4, 0.5) is 5.95 Å². The van der Waals surface area contributed by atoms with Crippen molar-refractivity contribution in [3.63, 3.8) is 0 Å². The molecule has 9 heteroatoms. The molecule has 9 nitrogen and oxygen atoms in total. The number of nitrogen functional groups attached to an aromatic ring is 1. The van der Waals surface area contributed by atoms with Crippen molar-refractivity contribution in [2.24, 2.45) is 0 Å². The van der Waals surface area contributed by atoms with E-state index in [0.29, 0.717) is 19.8 Å². The Morgan fingerprint density at radius 1 is 0.763 bits per heavy atom. The van der Waals surface area contributed by atoms with Crippen molar-refractivity contribution in [2.45, 2.75) is 44.4 Å². The number of anilines is 1. The maximum atomic E-state index is 12.8. The zero-order valence-corrected chi connectivity index (χ0v) is 20.8. The number of rotatable bonds is 11. The van der Waals surface area contributed by atoms with Crippen LogP contribution in [0.2, 0.25) is 0 Å². The summed E-state index contributed by atoms with van der Waals surface area (Å²) in [6.07, 6.45) is -1.20. The molecule has 3 aromatic carbocycles. The Hall–Kier alpha value is -3.89. The summed E-state index contributed by atoms with van der Waals surface area (Å²) >= 11 is 0. The van der Waals surface area contributed by atoms with E-state index >= 15 is 0 Å². The molecular weight excluding hydrogens is 484 g/mol. The minimum absolute atomic E-state index is 0.106. The van der Waals surface area contributed by atoms with Gasteiger partial charge in [0, 0.05) is 0 Å². The molecule has 38 heavy (non-hydrogen) atoms. The fraction of sp³-hybridized carbons (Fsp3) is 0.276. The van der Waals surface area contributed by atoms with E-state index in [9.17, 15) is 4.79 Å². The number of hydrogen-bond acceptors (Lipinski definition) is 8. The predicted molar refractivity (Wildman–Crippen MR) is 141 cm³/mol. The first-order chi connectivity index (χ1) is 18.7. The molecule has 2 N–H and O–H groups in total. The number of nitrogens with two attached hydrogens (primary N) is 1. The Labute approximate surface area is 220 Å². The molecule has 0 unspecified atom stereocenters. The molecule has 0 spiro atoms. The zero-order valence-electron chi connectivity index (χ0n) is 20.8. The second-order valence-corrected chi connectivity index (χ2v) is 8.99. The van der Waals surface area contributed by atoms with E-state index in [0.717, 1.165) is 16.7 Å². The highest BCUT2D eigenvalue weighted by molar-refractivity contribution is 5.16. The highest BCUT2D eigenvalue weighted by Gasteiger charge is 2.48. The molecule has 4 aromatic rings. The SMILES string of the molecule is Nc1ncn([C@@H]2O[C@H](COCc3ccccc3)[C@@H](OCc3ccccc3)[C@@H]2OCc2ccccc2)c(=O)n1. The second kappa shape index (κ2) is 12.6. The van der Waals surface area contributed by atoms with Crippen molar-refractivity contribution < 1.29 is 18.9 Å². The van der Waals surface area contributed by atoms with Gasteiger partial charge < -0.3 is 24.7 Å². The lowest BCUT2D eigenvalue weighted by molar-refractivity contribution is -0.0922. The van der Waals surface area contributed by atoms with Crippen molar-refractivity contribution in [2.75, 3.05) is 12.3 Å². The first-order valence-electron chi connectivity index (χ1n) is 12.5. The monoisotopic (exact) mass is 514 g/mol. The third-order valence-corrected chi connectivity index (χ3v) is 6.27. The predicted octanol–water partition coefficient (Wildman–Crippen LogP) is 3.51. The molecule has 196 valence electrons. The van der Waals surface area contributed by atoms with Crippen LogP contribution in [0.25, 0.3) is 0 Å². The molecule has 1 aromatic heterocycles. The van der Waals surface area contributed by atoms with Crippen LogP contribution in [-0.4, -0.2) is 39.5 Å². The number of aromatic nitrogens is 3. The van der Waals surface area contributed by atoms with Gasteiger partial charge in [-0.2, -0.15) is 4.98 Å². The van der Waals surface area contributed by atoms with Gasteiger partial charge in [-0.25, -0.2) is 9.78 Å². The molecule has 1 saturated heterocycles. The summed E-state index contributed by atoms with van der Waals surface area (Å²) in [5, 5.41) is 0. The van der Waals surface area contributed by atoms with Crippen LogP contribution in [0.3, 0.4) is 0 Å². The molecule has 0 saturated carbocycles. The molecule has 1 fully saturated rings. The number of ether oxygens (including phenoxy) is 4. The van der Waals surface area contributed by atoms with Gasteiger partial charge in [-0.15, -0.1) is 0 Å². The van der Waals surface area contributed by atoms with Gasteiger partial charge in [-0.05, 0) is 16.7 Å². The third kappa shape index (κ3) is 6.51. The van der Waals surface area contributed by atoms with Crippen LogP contribution >= 0.6 is 0 Å². The Bertz CT molecular complexity index is 1340. The molecule has 1 aliphatic heterocycles. The van der Waals surface area contributed by atoms with Crippen molar-refractivity contribution >= 4 is 5.95 Å². The van der Waals surface area contributed by atoms with E-state index in [2.05, 4.69) is 9.97 Å². The topological polar surface area (TPSA) is 111 Å². The van der Waals surface area contributed by atoms with E-state index in [1.165, 1.54) is 10.9 Å². The summed E-state index contributed by atoms with van der Waals surface area (Å²) < 4.78 is 26.5. The van der Waals surface area contributed by atoms with Gasteiger partial charge in [0.05, 0.1) is 26.4 Å². The number of nitrogens with zero attached hydrogens (tertiary/aromatic N) is 3. The van der Waals surface area contributed by atoms with Crippen molar-refractivity contribution in [3.05, 3.63) is 124 Å². The summed E-state index contributed by atoms with van der Waals surface area (Å²) in [5.74, 6) is -0.106. The summed E-state index contributed by atoms with van der Waals surface area (Å²) in [4.78, 5) is 20.6. The molecule has 1 aliphatic rings. The minimum atomic E-state index is -0.835. The Morgan fingerprint density at radius 3 is 1.84 bits per heavy atom. The lowest BCUT2D eigenvalue weighted by Crippen LogP contribution is -2.40. The summed E-state index contributed by atoms with van der Waals surface area (Å²) in [7, 11) is 0. The lowest BCUT2D eigenvalue weighted by atomic mass is 10.1. The highest BCUT2D eigenvalue weighted by Crippen LogP contribution is 2.34. The Balaban J connectivity index is 1.40. The first-order valence-corrected chi connectivity index (χ1v) is 12.5. The minimum Gasteiger partial charge on any atom is -0.374 e. The fourth-order valence-electron chi connectivity index (χ4n) is 4.38. The third-order valence-electron chi connectivity index (χ3n) is 6.27. The van der Waals surface area contributed by atoms with E-state index in [-0.39, 0.29) is 12.6 Å². The number of benzene rings is 3. The highest BCUT2D eigenvalue weighted by atomic mass is 16.6. The average Bonchev–Trinajstić information content (AvgIpc) is 3.29. The van der Waals surface area contributed by atoms with E-state index < -0.39 is 30.2 Å². The van der Waals surface area contributed by atoms with E-state index in [1.807, 2.05) is 91.0 Å². The zero-order chi connectivity index (χ0) is 26.2. The quantitative estimate of drug-likeness (QED) is 0.324. The van der Waals surface area contributed by atoms with Crippen LogP contribution in [0.5, 0.6) is 0 Å². The second-order valence-electron chi connectivity index (χ2n) is 8.99. The fourth-order valence-corrected chi connectivity index (χ4v) is 4.38. The molecule has 0 bridgehead atoms. The lowest BCUT2D eigenvalue weighted by Gasteiger charge is -2.25. The van der Waals surface area contributed by atoms with Crippen LogP contribution in [0.15, 0.2) is 102 Å².